The van der Waals surface area contributed by atoms with Crippen molar-refractivity contribution in [1.29, 1.82) is 0 Å². The van der Waals surface area contributed by atoms with Crippen LogP contribution in [0.4, 0.5) is 17.1 Å². The molecular weight excluding hydrogens is 807 g/mol. The highest BCUT2D eigenvalue weighted by atomic mass is 15.1. The first-order valence-corrected chi connectivity index (χ1v) is 24.2. The Labute approximate surface area is 394 Å². The van der Waals surface area contributed by atoms with Crippen molar-refractivity contribution in [3.63, 3.8) is 0 Å². The van der Waals surface area contributed by atoms with Gasteiger partial charge in [0.25, 0.3) is 0 Å². The Morgan fingerprint density at radius 2 is 0.866 bits per heavy atom. The third-order valence-corrected chi connectivity index (χ3v) is 15.8. The number of anilines is 3. The maximum Gasteiger partial charge on any atom is 0.0713 e. The molecule has 10 aromatic rings. The summed E-state index contributed by atoms with van der Waals surface area (Å²) in [6, 6.07) is 90.6. The van der Waals surface area contributed by atoms with Crippen molar-refractivity contribution in [3.8, 4) is 44.5 Å². The van der Waals surface area contributed by atoms with E-state index in [1.807, 2.05) is 0 Å². The second kappa shape index (κ2) is 16.0. The zero-order valence-electron chi connectivity index (χ0n) is 37.7. The highest BCUT2D eigenvalue weighted by molar-refractivity contribution is 6.07. The SMILES string of the molecule is c1ccc(-c2cccc3cccc(-c4cccc(N(c5ccc(-c6ccc(C78CCC(CC7)C8)cc6)cc5)c5ccc6c(c5)-c5ccccc5C6(c5ccccc5)c5ccccc5)c4)c23)cc1. The van der Waals surface area contributed by atoms with Gasteiger partial charge in [0, 0.05) is 17.1 Å². The van der Waals surface area contributed by atoms with Gasteiger partial charge in [0.15, 0.2) is 0 Å². The van der Waals surface area contributed by atoms with Crippen LogP contribution in [0, 0.1) is 5.92 Å². The Hall–Kier alpha value is -7.74. The standard InChI is InChI=1S/C66H51N/c1-4-15-49(16-5-1)58-26-13-17-50-18-14-27-59(64(50)58)51-19-12-24-56(43-51)67(55-35-31-48(32-36-55)47-29-33-52(34-30-47)65-41-39-46(45-65)40-42-65)57-37-38-63-61(44-57)60-25-10-11-28-62(60)66(63,53-20-6-2-7-21-53)54-22-8-3-9-23-54/h1-38,43-44,46H,39-42,45H2. The monoisotopic (exact) mass is 857 g/mol. The molecule has 2 fully saturated rings. The molecule has 0 saturated heterocycles. The molecule has 0 unspecified atom stereocenters. The first-order chi connectivity index (χ1) is 33.2. The molecule has 0 aliphatic heterocycles. The number of fused-ring (bicyclic) bond motifs is 6. The fourth-order valence-electron chi connectivity index (χ4n) is 12.7. The van der Waals surface area contributed by atoms with E-state index in [-0.39, 0.29) is 0 Å². The normalized spacial score (nSPS) is 17.6. The molecule has 0 amide bonds. The van der Waals surface area contributed by atoms with E-state index in [4.69, 9.17) is 0 Å². The molecule has 0 spiro atoms. The van der Waals surface area contributed by atoms with E-state index in [1.165, 1.54) is 110 Å². The Balaban J connectivity index is 0.970. The van der Waals surface area contributed by atoms with Gasteiger partial charge in [-0.1, -0.05) is 206 Å². The average Bonchev–Trinajstić information content (AvgIpc) is 4.12. The maximum atomic E-state index is 2.46. The molecule has 10 aromatic carbocycles. The summed E-state index contributed by atoms with van der Waals surface area (Å²) < 4.78 is 0. The van der Waals surface area contributed by atoms with Crippen molar-refractivity contribution in [1.82, 2.24) is 0 Å². The lowest BCUT2D eigenvalue weighted by Crippen LogP contribution is -2.28. The van der Waals surface area contributed by atoms with Gasteiger partial charge in [0.05, 0.1) is 5.41 Å². The van der Waals surface area contributed by atoms with Gasteiger partial charge in [-0.25, -0.2) is 0 Å². The predicted molar refractivity (Wildman–Crippen MR) is 280 cm³/mol. The molecule has 67 heavy (non-hydrogen) atoms. The van der Waals surface area contributed by atoms with Gasteiger partial charge in [-0.05, 0) is 163 Å². The van der Waals surface area contributed by atoms with E-state index in [9.17, 15) is 0 Å². The van der Waals surface area contributed by atoms with Crippen LogP contribution in [0.2, 0.25) is 0 Å². The molecule has 0 radical (unpaired) electrons. The number of hydrogen-bond donors (Lipinski definition) is 0. The van der Waals surface area contributed by atoms with Gasteiger partial charge in [-0.2, -0.15) is 0 Å². The van der Waals surface area contributed by atoms with Crippen LogP contribution in [0.3, 0.4) is 0 Å². The van der Waals surface area contributed by atoms with Crippen LogP contribution in [0.15, 0.2) is 243 Å². The molecule has 0 N–H and O–H groups in total. The fourth-order valence-corrected chi connectivity index (χ4v) is 12.7. The van der Waals surface area contributed by atoms with Gasteiger partial charge in [0.2, 0.25) is 0 Å². The Morgan fingerprint density at radius 3 is 1.52 bits per heavy atom. The second-order valence-corrected chi connectivity index (χ2v) is 19.3. The van der Waals surface area contributed by atoms with E-state index in [0.717, 1.165) is 23.0 Å². The van der Waals surface area contributed by atoms with Crippen LogP contribution in [-0.4, -0.2) is 0 Å². The van der Waals surface area contributed by atoms with Gasteiger partial charge in [-0.15, -0.1) is 0 Å². The third kappa shape index (κ3) is 6.44. The summed E-state index contributed by atoms with van der Waals surface area (Å²) in [6.07, 6.45) is 6.88. The molecule has 1 heteroatoms. The van der Waals surface area contributed by atoms with Crippen LogP contribution in [-0.2, 0) is 10.8 Å². The maximum absolute atomic E-state index is 2.46. The van der Waals surface area contributed by atoms with Crippen molar-refractivity contribution >= 4 is 27.8 Å². The Morgan fingerprint density at radius 1 is 0.343 bits per heavy atom. The predicted octanol–water partition coefficient (Wildman–Crippen LogP) is 17.5. The van der Waals surface area contributed by atoms with Crippen molar-refractivity contribution in [3.05, 3.63) is 270 Å². The highest BCUT2D eigenvalue weighted by Gasteiger charge is 2.47. The van der Waals surface area contributed by atoms with Crippen LogP contribution in [0.1, 0.15) is 59.9 Å². The summed E-state index contributed by atoms with van der Waals surface area (Å²) in [5.74, 6) is 0.936. The first kappa shape index (κ1) is 39.6. The molecule has 2 saturated carbocycles. The summed E-state index contributed by atoms with van der Waals surface area (Å²) in [7, 11) is 0. The third-order valence-electron chi connectivity index (χ3n) is 15.8. The van der Waals surface area contributed by atoms with E-state index >= 15 is 0 Å². The zero-order chi connectivity index (χ0) is 44.4. The Kier molecular flexibility index (Phi) is 9.46. The summed E-state index contributed by atoms with van der Waals surface area (Å²) >= 11 is 0. The Bertz CT molecular complexity index is 3370. The van der Waals surface area contributed by atoms with E-state index < -0.39 is 5.41 Å². The van der Waals surface area contributed by atoms with Crippen LogP contribution < -0.4 is 4.90 Å². The molecule has 1 nitrogen and oxygen atoms in total. The van der Waals surface area contributed by atoms with Crippen molar-refractivity contribution < 1.29 is 0 Å². The lowest BCUT2D eigenvalue weighted by atomic mass is 9.68. The quantitative estimate of drug-likeness (QED) is 0.140. The summed E-state index contributed by atoms with van der Waals surface area (Å²) in [5.41, 5.74) is 19.9. The van der Waals surface area contributed by atoms with Crippen LogP contribution >= 0.6 is 0 Å². The van der Waals surface area contributed by atoms with Gasteiger partial charge < -0.3 is 4.90 Å². The number of hydrogen-bond acceptors (Lipinski definition) is 1. The number of rotatable bonds is 9. The van der Waals surface area contributed by atoms with Crippen molar-refractivity contribution in [2.45, 2.75) is 42.9 Å². The molecule has 0 heterocycles. The molecule has 0 atom stereocenters. The molecule has 13 rings (SSSR count). The van der Waals surface area contributed by atoms with Crippen molar-refractivity contribution in [2.75, 3.05) is 4.90 Å². The lowest BCUT2D eigenvalue weighted by Gasteiger charge is -2.34. The average molecular weight is 858 g/mol. The topological polar surface area (TPSA) is 3.24 Å². The molecule has 3 aliphatic rings. The summed E-state index contributed by atoms with van der Waals surface area (Å²) in [4.78, 5) is 2.46. The summed E-state index contributed by atoms with van der Waals surface area (Å²) in [5, 5.41) is 2.50. The molecule has 2 bridgehead atoms. The lowest BCUT2D eigenvalue weighted by molar-refractivity contribution is 0.419. The van der Waals surface area contributed by atoms with Gasteiger partial charge in [0.1, 0.15) is 0 Å². The van der Waals surface area contributed by atoms with Crippen LogP contribution in [0.25, 0.3) is 55.3 Å². The zero-order valence-corrected chi connectivity index (χ0v) is 37.7. The van der Waals surface area contributed by atoms with E-state index in [0.29, 0.717) is 5.41 Å². The number of nitrogens with zero attached hydrogens (tertiary/aromatic N) is 1. The number of benzene rings is 10. The van der Waals surface area contributed by atoms with Crippen molar-refractivity contribution in [2.24, 2.45) is 5.92 Å². The highest BCUT2D eigenvalue weighted by Crippen LogP contribution is 2.58. The minimum atomic E-state index is -0.462. The first-order valence-electron chi connectivity index (χ1n) is 24.2. The molecule has 0 aromatic heterocycles. The van der Waals surface area contributed by atoms with Crippen LogP contribution in [0.5, 0.6) is 0 Å². The minimum absolute atomic E-state index is 0.412. The smallest absolute Gasteiger partial charge is 0.0713 e. The van der Waals surface area contributed by atoms with E-state index in [2.05, 4.69) is 248 Å². The van der Waals surface area contributed by atoms with Gasteiger partial charge >= 0.3 is 0 Å². The second-order valence-electron chi connectivity index (χ2n) is 19.3. The minimum Gasteiger partial charge on any atom is -0.310 e. The largest absolute Gasteiger partial charge is 0.310 e. The van der Waals surface area contributed by atoms with Gasteiger partial charge in [-0.3, -0.25) is 0 Å². The molecule has 320 valence electrons. The molecule has 3 aliphatic carbocycles. The fraction of sp³-hybridized carbons (Fsp3) is 0.121. The summed E-state index contributed by atoms with van der Waals surface area (Å²) in [6.45, 7) is 0. The molecular formula is C66H51N. The van der Waals surface area contributed by atoms with E-state index in [1.54, 1.807) is 5.56 Å².